The van der Waals surface area contributed by atoms with Crippen LogP contribution in [0.5, 0.6) is 0 Å². The van der Waals surface area contributed by atoms with Gasteiger partial charge in [0.1, 0.15) is 0 Å². The van der Waals surface area contributed by atoms with Crippen molar-refractivity contribution in [2.45, 2.75) is 32.0 Å². The fourth-order valence-corrected chi connectivity index (χ4v) is 4.78. The molecule has 0 radical (unpaired) electrons. The number of aryl methyl sites for hydroxylation is 1. The van der Waals surface area contributed by atoms with Crippen molar-refractivity contribution in [1.29, 1.82) is 0 Å². The summed E-state index contributed by atoms with van der Waals surface area (Å²) >= 11 is 0. The van der Waals surface area contributed by atoms with E-state index in [-0.39, 0.29) is 6.61 Å². The third kappa shape index (κ3) is 6.16. The third-order valence-electron chi connectivity index (χ3n) is 6.76. The Labute approximate surface area is 218 Å². The Bertz CT molecular complexity index is 1310. The third-order valence-corrected chi connectivity index (χ3v) is 6.76. The first-order valence-electron chi connectivity index (χ1n) is 12.8. The molecule has 0 bridgehead atoms. The van der Waals surface area contributed by atoms with E-state index in [0.29, 0.717) is 6.42 Å². The predicted molar refractivity (Wildman–Crippen MR) is 150 cm³/mol. The number of hydrogen-bond acceptors (Lipinski definition) is 3. The average Bonchev–Trinajstić information content (AvgIpc) is 3.09. The van der Waals surface area contributed by atoms with Gasteiger partial charge in [0.05, 0.1) is 6.61 Å². The lowest BCUT2D eigenvalue weighted by atomic mass is 10.0. The molecular weight excluding hydrogens is 458 g/mol. The molecule has 4 aromatic rings. The number of para-hydroxylation sites is 2. The molecule has 1 aliphatic rings. The van der Waals surface area contributed by atoms with Gasteiger partial charge in [-0.15, -0.1) is 0 Å². The van der Waals surface area contributed by atoms with Gasteiger partial charge in [-0.2, -0.15) is 0 Å². The monoisotopic (exact) mass is 489 g/mol. The molecule has 0 amide bonds. The van der Waals surface area contributed by atoms with Gasteiger partial charge in [0.15, 0.2) is 6.10 Å². The second-order valence-corrected chi connectivity index (χ2v) is 9.35. The van der Waals surface area contributed by atoms with Crippen LogP contribution in [0, 0.1) is 0 Å². The Hall–Kier alpha value is -4.15. The fraction of sp³-hybridized carbons (Fsp3) is 0.182. The number of ether oxygens (including phenoxy) is 1. The molecule has 0 saturated heterocycles. The second-order valence-electron chi connectivity index (χ2n) is 9.35. The highest BCUT2D eigenvalue weighted by molar-refractivity contribution is 5.88. The first-order chi connectivity index (χ1) is 18.2. The number of hydrogen-bond donors (Lipinski definition) is 1. The number of rotatable bonds is 10. The quantitative estimate of drug-likeness (QED) is 0.257. The molecule has 37 heavy (non-hydrogen) atoms. The Kier molecular flexibility index (Phi) is 7.78. The number of fused-ring (bicyclic) bond motifs is 2. The first-order valence-corrected chi connectivity index (χ1v) is 12.8. The summed E-state index contributed by atoms with van der Waals surface area (Å²) in [6, 6.07) is 35.0. The molecule has 1 unspecified atom stereocenters. The van der Waals surface area contributed by atoms with E-state index in [1.54, 1.807) is 0 Å². The normalized spacial score (nSPS) is 12.9. The van der Waals surface area contributed by atoms with E-state index in [1.807, 2.05) is 42.5 Å². The molecule has 0 saturated carbocycles. The molecule has 5 rings (SSSR count). The molecule has 0 fully saturated rings. The fourth-order valence-electron chi connectivity index (χ4n) is 4.78. The molecule has 0 aliphatic carbocycles. The second kappa shape index (κ2) is 11.7. The summed E-state index contributed by atoms with van der Waals surface area (Å²) in [7, 11) is 0. The molecule has 4 heteroatoms. The van der Waals surface area contributed by atoms with Gasteiger partial charge in [-0.25, -0.2) is 4.79 Å². The maximum atomic E-state index is 11.7. The Balaban J connectivity index is 1.20. The first kappa shape index (κ1) is 24.5. The molecule has 0 spiro atoms. The summed E-state index contributed by atoms with van der Waals surface area (Å²) in [6.07, 6.45) is 5.81. The molecular formula is C33H31NO3. The zero-order valence-electron chi connectivity index (χ0n) is 20.8. The van der Waals surface area contributed by atoms with Crippen LogP contribution in [0.3, 0.4) is 0 Å². The van der Waals surface area contributed by atoms with Crippen molar-refractivity contribution in [2.24, 2.45) is 0 Å². The van der Waals surface area contributed by atoms with Crippen molar-refractivity contribution in [3.63, 3.8) is 0 Å². The molecule has 1 aliphatic heterocycles. The van der Waals surface area contributed by atoms with Crippen molar-refractivity contribution in [2.75, 3.05) is 11.4 Å². The van der Waals surface area contributed by atoms with Gasteiger partial charge in [0, 0.05) is 24.3 Å². The molecule has 1 atom stereocenters. The lowest BCUT2D eigenvalue weighted by Gasteiger charge is -2.27. The molecule has 186 valence electrons. The van der Waals surface area contributed by atoms with Gasteiger partial charge >= 0.3 is 5.97 Å². The summed E-state index contributed by atoms with van der Waals surface area (Å²) in [4.78, 5) is 14.2. The minimum Gasteiger partial charge on any atom is -0.479 e. The van der Waals surface area contributed by atoms with E-state index in [2.05, 4.69) is 77.7 Å². The molecule has 4 aromatic carbocycles. The SMILES string of the molecule is O=C(O)C(Cc1ccc(CCCN2c3ccccc3C=Cc3ccccc32)cc1)OCc1ccccc1. The standard InChI is InChI=1S/C33H31NO3/c35-33(36)32(37-24-27-9-2-1-3-10-27)23-26-18-16-25(17-19-26)11-8-22-34-30-14-6-4-12-28(30)20-21-29-13-5-7-15-31(29)34/h1-7,9-10,12-21,32H,8,11,22-24H2,(H,35,36). The predicted octanol–water partition coefficient (Wildman–Crippen LogP) is 7.15. The number of benzene rings is 4. The van der Waals surface area contributed by atoms with E-state index < -0.39 is 12.1 Å². The largest absolute Gasteiger partial charge is 0.479 e. The van der Waals surface area contributed by atoms with E-state index >= 15 is 0 Å². The van der Waals surface area contributed by atoms with E-state index in [4.69, 9.17) is 4.74 Å². The van der Waals surface area contributed by atoms with Crippen molar-refractivity contribution in [1.82, 2.24) is 0 Å². The Morgan fingerprint density at radius 1 is 0.703 bits per heavy atom. The van der Waals surface area contributed by atoms with Crippen molar-refractivity contribution >= 4 is 29.5 Å². The van der Waals surface area contributed by atoms with Crippen molar-refractivity contribution in [3.05, 3.63) is 131 Å². The zero-order valence-corrected chi connectivity index (χ0v) is 20.8. The molecule has 4 nitrogen and oxygen atoms in total. The number of anilines is 2. The van der Waals surface area contributed by atoms with Crippen LogP contribution in [0.25, 0.3) is 12.2 Å². The van der Waals surface area contributed by atoms with Crippen LogP contribution in [0.1, 0.15) is 34.2 Å². The van der Waals surface area contributed by atoms with Crippen LogP contribution in [0.15, 0.2) is 103 Å². The van der Waals surface area contributed by atoms with Crippen LogP contribution in [-0.2, 0) is 29.0 Å². The number of carboxylic acids is 1. The highest BCUT2D eigenvalue weighted by Gasteiger charge is 2.19. The minimum absolute atomic E-state index is 0.286. The Morgan fingerprint density at radius 2 is 1.27 bits per heavy atom. The lowest BCUT2D eigenvalue weighted by Crippen LogP contribution is -2.26. The van der Waals surface area contributed by atoms with E-state index in [1.165, 1.54) is 28.1 Å². The van der Waals surface area contributed by atoms with Gasteiger partial charge in [-0.1, -0.05) is 103 Å². The Morgan fingerprint density at radius 3 is 1.89 bits per heavy atom. The minimum atomic E-state index is -0.937. The lowest BCUT2D eigenvalue weighted by molar-refractivity contribution is -0.151. The molecule has 0 aromatic heterocycles. The van der Waals surface area contributed by atoms with Gasteiger partial charge in [0.2, 0.25) is 0 Å². The number of nitrogens with zero attached hydrogens (tertiary/aromatic N) is 1. The summed E-state index contributed by atoms with van der Waals surface area (Å²) in [6.45, 7) is 1.19. The number of carboxylic acid groups (broad SMARTS) is 1. The van der Waals surface area contributed by atoms with Gasteiger partial charge in [0.25, 0.3) is 0 Å². The molecule has 1 heterocycles. The van der Waals surface area contributed by atoms with Gasteiger partial charge < -0.3 is 14.7 Å². The van der Waals surface area contributed by atoms with E-state index in [9.17, 15) is 9.90 Å². The summed E-state index contributed by atoms with van der Waals surface area (Å²) < 4.78 is 5.71. The van der Waals surface area contributed by atoms with E-state index in [0.717, 1.165) is 30.5 Å². The van der Waals surface area contributed by atoms with Gasteiger partial charge in [-0.05, 0) is 52.8 Å². The smallest absolute Gasteiger partial charge is 0.333 e. The van der Waals surface area contributed by atoms with Gasteiger partial charge in [-0.3, -0.25) is 0 Å². The van der Waals surface area contributed by atoms with Crippen LogP contribution in [0.4, 0.5) is 11.4 Å². The van der Waals surface area contributed by atoms with Crippen LogP contribution in [-0.4, -0.2) is 23.7 Å². The van der Waals surface area contributed by atoms with Crippen molar-refractivity contribution in [3.8, 4) is 0 Å². The zero-order chi connectivity index (χ0) is 25.5. The highest BCUT2D eigenvalue weighted by Crippen LogP contribution is 2.36. The number of aliphatic carboxylic acids is 1. The van der Waals surface area contributed by atoms with Crippen LogP contribution in [0.2, 0.25) is 0 Å². The molecule has 1 N–H and O–H groups in total. The topological polar surface area (TPSA) is 49.8 Å². The van der Waals surface area contributed by atoms with Crippen LogP contribution >= 0.6 is 0 Å². The number of carbonyl (C=O) groups is 1. The summed E-state index contributed by atoms with van der Waals surface area (Å²) in [5.74, 6) is -0.937. The summed E-state index contributed by atoms with van der Waals surface area (Å²) in [5.41, 5.74) is 8.09. The van der Waals surface area contributed by atoms with Crippen LogP contribution < -0.4 is 4.90 Å². The highest BCUT2D eigenvalue weighted by atomic mass is 16.5. The summed E-state index contributed by atoms with van der Waals surface area (Å²) in [5, 5.41) is 9.63. The average molecular weight is 490 g/mol. The maximum absolute atomic E-state index is 11.7. The van der Waals surface area contributed by atoms with Crippen molar-refractivity contribution < 1.29 is 14.6 Å². The maximum Gasteiger partial charge on any atom is 0.333 e.